The predicted molar refractivity (Wildman–Crippen MR) is 55.5 cm³/mol. The topological polar surface area (TPSA) is 35.5 Å². The van der Waals surface area contributed by atoms with E-state index in [0.717, 1.165) is 7.11 Å². The number of halogens is 3. The van der Waals surface area contributed by atoms with Gasteiger partial charge in [0.1, 0.15) is 0 Å². The minimum atomic E-state index is -4.77. The number of esters is 1. The van der Waals surface area contributed by atoms with Crippen molar-refractivity contribution in [1.82, 2.24) is 0 Å². The van der Waals surface area contributed by atoms with Crippen LogP contribution in [0.2, 0.25) is 19.6 Å². The van der Waals surface area contributed by atoms with Crippen molar-refractivity contribution in [1.29, 1.82) is 0 Å². The fourth-order valence-electron chi connectivity index (χ4n) is 1.32. The van der Waals surface area contributed by atoms with Crippen molar-refractivity contribution >= 4 is 14.3 Å². The number of carbonyl (C=O) groups is 1. The first-order valence-electron chi connectivity index (χ1n) is 4.85. The molecule has 3 nitrogen and oxygen atoms in total. The van der Waals surface area contributed by atoms with Gasteiger partial charge in [-0.25, -0.2) is 4.79 Å². The predicted octanol–water partition coefficient (Wildman–Crippen LogP) is 2.72. The largest absolute Gasteiger partial charge is 0.467 e. The summed E-state index contributed by atoms with van der Waals surface area (Å²) in [6.45, 7) is 6.02. The van der Waals surface area contributed by atoms with E-state index >= 15 is 0 Å². The molecular formula is C9H17F3O3Si. The van der Waals surface area contributed by atoms with Crippen LogP contribution in [-0.2, 0) is 14.0 Å². The van der Waals surface area contributed by atoms with Gasteiger partial charge in [-0.1, -0.05) is 6.92 Å². The molecule has 0 aromatic rings. The first-order valence-corrected chi connectivity index (χ1v) is 8.26. The number of ether oxygens (including phenoxy) is 1. The van der Waals surface area contributed by atoms with E-state index in [0.29, 0.717) is 0 Å². The molecule has 96 valence electrons. The van der Waals surface area contributed by atoms with Crippen molar-refractivity contribution in [2.75, 3.05) is 7.11 Å². The average molecular weight is 258 g/mol. The van der Waals surface area contributed by atoms with E-state index in [1.807, 2.05) is 0 Å². The molecule has 1 atom stereocenters. The number of carbonyl (C=O) groups excluding carboxylic acids is 1. The highest BCUT2D eigenvalue weighted by Crippen LogP contribution is 2.39. The third-order valence-electron chi connectivity index (χ3n) is 1.95. The average Bonchev–Trinajstić information content (AvgIpc) is 2.09. The molecule has 0 aliphatic carbocycles. The molecule has 0 saturated carbocycles. The van der Waals surface area contributed by atoms with Gasteiger partial charge in [0, 0.05) is 0 Å². The molecule has 0 aliphatic heterocycles. The van der Waals surface area contributed by atoms with Crippen LogP contribution in [0, 0.1) is 0 Å². The molecule has 0 N–H and O–H groups in total. The lowest BCUT2D eigenvalue weighted by Crippen LogP contribution is -2.58. The summed E-state index contributed by atoms with van der Waals surface area (Å²) < 4.78 is 48.1. The van der Waals surface area contributed by atoms with Gasteiger partial charge in [0.25, 0.3) is 5.60 Å². The lowest BCUT2D eigenvalue weighted by molar-refractivity contribution is -0.255. The molecule has 0 rings (SSSR count). The second-order valence-corrected chi connectivity index (χ2v) is 8.81. The fraction of sp³-hybridized carbons (Fsp3) is 0.889. The molecule has 0 aromatic heterocycles. The van der Waals surface area contributed by atoms with Crippen LogP contribution >= 0.6 is 0 Å². The second kappa shape index (κ2) is 4.75. The smallest absolute Gasteiger partial charge is 0.427 e. The summed E-state index contributed by atoms with van der Waals surface area (Å²) in [5.41, 5.74) is -2.83. The van der Waals surface area contributed by atoms with Gasteiger partial charge in [0.05, 0.1) is 7.11 Å². The molecular weight excluding hydrogens is 241 g/mol. The summed E-state index contributed by atoms with van der Waals surface area (Å²) in [5.74, 6) is -1.38. The Morgan fingerprint density at radius 3 is 1.88 bits per heavy atom. The van der Waals surface area contributed by atoms with Gasteiger partial charge >= 0.3 is 12.1 Å². The van der Waals surface area contributed by atoms with E-state index in [1.165, 1.54) is 6.92 Å². The standard InChI is InChI=1S/C9H17F3O3Si/c1-6-8(7(13)14-2,9(10,11)12)15-16(3,4)5/h6H2,1-5H3. The van der Waals surface area contributed by atoms with Crippen molar-refractivity contribution in [3.8, 4) is 0 Å². The normalized spacial score (nSPS) is 16.8. The Balaban J connectivity index is 5.40. The van der Waals surface area contributed by atoms with Gasteiger partial charge in [0.15, 0.2) is 8.32 Å². The SMILES string of the molecule is CCC(O[Si](C)(C)C)(C(=O)OC)C(F)(F)F. The fourth-order valence-corrected chi connectivity index (χ4v) is 2.71. The molecule has 1 unspecified atom stereocenters. The van der Waals surface area contributed by atoms with Crippen LogP contribution < -0.4 is 0 Å². The maximum absolute atomic E-state index is 12.9. The van der Waals surface area contributed by atoms with Gasteiger partial charge in [-0.15, -0.1) is 0 Å². The number of hydrogen-bond acceptors (Lipinski definition) is 3. The molecule has 0 aromatic carbocycles. The molecule has 7 heteroatoms. The highest BCUT2D eigenvalue weighted by atomic mass is 28.4. The monoisotopic (exact) mass is 258 g/mol. The summed E-state index contributed by atoms with van der Waals surface area (Å²) in [5, 5.41) is 0. The van der Waals surface area contributed by atoms with Gasteiger partial charge in [-0.05, 0) is 26.1 Å². The Kier molecular flexibility index (Phi) is 4.58. The highest BCUT2D eigenvalue weighted by Gasteiger charge is 2.62. The molecule has 0 bridgehead atoms. The zero-order valence-corrected chi connectivity index (χ0v) is 11.1. The first-order chi connectivity index (χ1) is 7.00. The van der Waals surface area contributed by atoms with E-state index in [-0.39, 0.29) is 0 Å². The minimum absolute atomic E-state index is 0.493. The van der Waals surface area contributed by atoms with Crippen molar-refractivity contribution in [2.24, 2.45) is 0 Å². The van der Waals surface area contributed by atoms with Crippen LogP contribution in [0.15, 0.2) is 0 Å². The summed E-state index contributed by atoms with van der Waals surface area (Å²) in [6, 6.07) is 0. The van der Waals surface area contributed by atoms with Crippen molar-refractivity contribution in [2.45, 2.75) is 44.8 Å². The van der Waals surface area contributed by atoms with Gasteiger partial charge in [-0.3, -0.25) is 0 Å². The van der Waals surface area contributed by atoms with E-state index in [1.54, 1.807) is 19.6 Å². The van der Waals surface area contributed by atoms with Crippen LogP contribution in [0.5, 0.6) is 0 Å². The molecule has 0 aliphatic rings. The number of rotatable bonds is 4. The van der Waals surface area contributed by atoms with Gasteiger partial charge < -0.3 is 9.16 Å². The Bertz CT molecular complexity index is 260. The zero-order chi connectivity index (χ0) is 13.2. The Morgan fingerprint density at radius 2 is 1.69 bits per heavy atom. The Labute approximate surface area is 94.0 Å². The Morgan fingerprint density at radius 1 is 1.25 bits per heavy atom. The second-order valence-electron chi connectivity index (χ2n) is 4.38. The van der Waals surface area contributed by atoms with E-state index in [2.05, 4.69) is 4.74 Å². The molecule has 0 heterocycles. The highest BCUT2D eigenvalue weighted by molar-refractivity contribution is 6.70. The summed E-state index contributed by atoms with van der Waals surface area (Å²) in [7, 11) is -1.60. The maximum Gasteiger partial charge on any atom is 0.427 e. The Hall–Kier alpha value is -0.563. The third-order valence-corrected chi connectivity index (χ3v) is 2.91. The number of alkyl halides is 3. The summed E-state index contributed by atoms with van der Waals surface area (Å²) in [4.78, 5) is 11.3. The number of methoxy groups -OCH3 is 1. The molecule has 0 saturated heterocycles. The van der Waals surface area contributed by atoms with Crippen molar-refractivity contribution < 1.29 is 27.1 Å². The minimum Gasteiger partial charge on any atom is -0.467 e. The van der Waals surface area contributed by atoms with Crippen LogP contribution in [0.3, 0.4) is 0 Å². The van der Waals surface area contributed by atoms with E-state index < -0.39 is 32.5 Å². The summed E-state index contributed by atoms with van der Waals surface area (Å²) >= 11 is 0. The van der Waals surface area contributed by atoms with Gasteiger partial charge in [0.2, 0.25) is 0 Å². The van der Waals surface area contributed by atoms with Crippen LogP contribution in [-0.4, -0.2) is 33.2 Å². The number of hydrogen-bond donors (Lipinski definition) is 0. The first kappa shape index (κ1) is 15.4. The third kappa shape index (κ3) is 3.21. The lowest BCUT2D eigenvalue weighted by atomic mass is 10.0. The van der Waals surface area contributed by atoms with Crippen molar-refractivity contribution in [3.05, 3.63) is 0 Å². The molecule has 16 heavy (non-hydrogen) atoms. The zero-order valence-electron chi connectivity index (χ0n) is 10.1. The van der Waals surface area contributed by atoms with Crippen LogP contribution in [0.4, 0.5) is 13.2 Å². The van der Waals surface area contributed by atoms with Crippen LogP contribution in [0.25, 0.3) is 0 Å². The maximum atomic E-state index is 12.9. The lowest BCUT2D eigenvalue weighted by Gasteiger charge is -2.37. The molecule has 0 amide bonds. The molecule has 0 radical (unpaired) electrons. The van der Waals surface area contributed by atoms with Crippen LogP contribution in [0.1, 0.15) is 13.3 Å². The van der Waals surface area contributed by atoms with Crippen molar-refractivity contribution in [3.63, 3.8) is 0 Å². The quantitative estimate of drug-likeness (QED) is 0.574. The van der Waals surface area contributed by atoms with E-state index in [9.17, 15) is 18.0 Å². The van der Waals surface area contributed by atoms with Gasteiger partial charge in [-0.2, -0.15) is 13.2 Å². The summed E-state index contributed by atoms with van der Waals surface area (Å²) in [6.07, 6.45) is -5.26. The molecule has 0 spiro atoms. The van der Waals surface area contributed by atoms with E-state index in [4.69, 9.17) is 4.43 Å². The molecule has 0 fully saturated rings.